The maximum atomic E-state index is 13.8. The van der Waals surface area contributed by atoms with Gasteiger partial charge in [-0.05, 0) is 24.6 Å². The summed E-state index contributed by atoms with van der Waals surface area (Å²) in [7, 11) is -3.23. The zero-order chi connectivity index (χ0) is 20.3. The van der Waals surface area contributed by atoms with Crippen LogP contribution in [0.5, 0.6) is 0 Å². The molecular formula is C18H17FN2O4S3. The molecule has 3 rings (SSSR count). The first-order valence-electron chi connectivity index (χ1n) is 8.45. The number of rotatable bonds is 6. The Balaban J connectivity index is 1.52. The zero-order valence-electron chi connectivity index (χ0n) is 14.6. The second-order valence-corrected chi connectivity index (χ2v) is 9.90. The largest absolute Gasteiger partial charge is 0.349 e. The van der Waals surface area contributed by atoms with E-state index in [4.69, 9.17) is 12.2 Å². The van der Waals surface area contributed by atoms with E-state index in [1.807, 2.05) is 0 Å². The van der Waals surface area contributed by atoms with Crippen LogP contribution < -0.4 is 5.32 Å². The molecule has 0 aliphatic carbocycles. The summed E-state index contributed by atoms with van der Waals surface area (Å²) < 4.78 is 36.8. The molecule has 28 heavy (non-hydrogen) atoms. The second-order valence-electron chi connectivity index (χ2n) is 6.29. The van der Waals surface area contributed by atoms with Gasteiger partial charge in [-0.3, -0.25) is 14.5 Å². The third-order valence-electron chi connectivity index (χ3n) is 4.13. The van der Waals surface area contributed by atoms with Gasteiger partial charge in [0.1, 0.15) is 10.1 Å². The predicted molar refractivity (Wildman–Crippen MR) is 110 cm³/mol. The van der Waals surface area contributed by atoms with Crippen molar-refractivity contribution < 1.29 is 22.4 Å². The maximum Gasteiger partial charge on any atom is 0.266 e. The average molecular weight is 441 g/mol. The Kier molecular flexibility index (Phi) is 6.31. The third-order valence-corrected chi connectivity index (χ3v) is 6.90. The van der Waals surface area contributed by atoms with Crippen LogP contribution in [0, 0.1) is 5.82 Å². The fraction of sp³-hybridized carbons (Fsp3) is 0.278. The van der Waals surface area contributed by atoms with Crippen molar-refractivity contribution in [3.8, 4) is 0 Å². The maximum absolute atomic E-state index is 13.8. The Morgan fingerprint density at radius 2 is 2.14 bits per heavy atom. The molecule has 2 amide bonds. The Morgan fingerprint density at radius 3 is 2.82 bits per heavy atom. The topological polar surface area (TPSA) is 83.6 Å². The summed E-state index contributed by atoms with van der Waals surface area (Å²) in [5.41, 5.74) is 0.307. The predicted octanol–water partition coefficient (Wildman–Crippen LogP) is 2.23. The lowest BCUT2D eigenvalue weighted by molar-refractivity contribution is -0.124. The van der Waals surface area contributed by atoms with Crippen molar-refractivity contribution in [2.75, 3.05) is 12.3 Å². The third kappa shape index (κ3) is 5.06. The van der Waals surface area contributed by atoms with Crippen molar-refractivity contribution >= 4 is 56.0 Å². The minimum Gasteiger partial charge on any atom is -0.349 e. The summed E-state index contributed by atoms with van der Waals surface area (Å²) in [4.78, 5) is 26.2. The minimum atomic E-state index is -3.23. The molecule has 0 unspecified atom stereocenters. The molecule has 0 spiro atoms. The molecule has 0 saturated carbocycles. The van der Waals surface area contributed by atoms with E-state index in [0.717, 1.165) is 17.2 Å². The first-order chi connectivity index (χ1) is 13.2. The summed E-state index contributed by atoms with van der Waals surface area (Å²) in [5.74, 6) is -1.16. The number of carbonyl (C=O) groups is 2. The molecular weight excluding hydrogens is 423 g/mol. The van der Waals surface area contributed by atoms with Crippen molar-refractivity contribution in [3.63, 3.8) is 0 Å². The van der Waals surface area contributed by atoms with Gasteiger partial charge in [-0.2, -0.15) is 0 Å². The van der Waals surface area contributed by atoms with Crippen molar-refractivity contribution in [3.05, 3.63) is 52.0 Å². The van der Waals surface area contributed by atoms with Crippen LogP contribution in [0.15, 0.2) is 40.7 Å². The van der Waals surface area contributed by atoms with E-state index in [9.17, 15) is 22.4 Å². The van der Waals surface area contributed by atoms with Crippen molar-refractivity contribution in [1.82, 2.24) is 10.2 Å². The monoisotopic (exact) mass is 440 g/mol. The smallest absolute Gasteiger partial charge is 0.266 e. The fourth-order valence-corrected chi connectivity index (χ4v) is 5.30. The molecule has 1 aromatic rings. The number of thiocarbonyl (C=S) groups is 1. The van der Waals surface area contributed by atoms with Gasteiger partial charge in [0.15, 0.2) is 9.84 Å². The molecule has 1 saturated heterocycles. The second kappa shape index (κ2) is 8.54. The van der Waals surface area contributed by atoms with Crippen LogP contribution in [-0.4, -0.2) is 47.8 Å². The van der Waals surface area contributed by atoms with E-state index in [0.29, 0.717) is 21.2 Å². The Labute approximate surface area is 171 Å². The molecule has 1 N–H and O–H groups in total. The lowest BCUT2D eigenvalue weighted by Crippen LogP contribution is -2.36. The Morgan fingerprint density at radius 1 is 1.39 bits per heavy atom. The van der Waals surface area contributed by atoms with Gasteiger partial charge in [-0.1, -0.05) is 42.2 Å². The molecule has 6 nitrogen and oxygen atoms in total. The van der Waals surface area contributed by atoms with Crippen LogP contribution in [0.2, 0.25) is 0 Å². The van der Waals surface area contributed by atoms with Gasteiger partial charge in [0, 0.05) is 23.9 Å². The number of hydrogen-bond acceptors (Lipinski definition) is 6. The lowest BCUT2D eigenvalue weighted by Gasteiger charge is -2.15. The first-order valence-corrected chi connectivity index (χ1v) is 11.4. The fourth-order valence-electron chi connectivity index (χ4n) is 2.77. The number of halogens is 1. The van der Waals surface area contributed by atoms with E-state index in [2.05, 4.69) is 5.32 Å². The Hall–Kier alpha value is -2.04. The van der Waals surface area contributed by atoms with Gasteiger partial charge >= 0.3 is 0 Å². The lowest BCUT2D eigenvalue weighted by atomic mass is 10.2. The average Bonchev–Trinajstić information content (AvgIpc) is 3.09. The number of nitrogens with zero attached hydrogens (tertiary/aromatic N) is 1. The standard InChI is InChI=1S/C18H17FN2O4S3/c19-14-5-2-1-4-12(14)10-15-17(23)21(18(26)27-15)8-3-6-16(22)20-13-7-9-28(24,25)11-13/h1-2,4-5,7,9-10,13H,3,6,8,11H2,(H,20,22)/b15-10+/t13-/m1/s1. The van der Waals surface area contributed by atoms with E-state index in [1.165, 1.54) is 23.1 Å². The molecule has 0 aromatic heterocycles. The number of hydrogen-bond donors (Lipinski definition) is 1. The molecule has 2 heterocycles. The highest BCUT2D eigenvalue weighted by Crippen LogP contribution is 2.33. The van der Waals surface area contributed by atoms with Crippen LogP contribution >= 0.6 is 24.0 Å². The van der Waals surface area contributed by atoms with Gasteiger partial charge in [0.05, 0.1) is 16.7 Å². The molecule has 1 aromatic carbocycles. The highest BCUT2D eigenvalue weighted by molar-refractivity contribution is 8.26. The summed E-state index contributed by atoms with van der Waals surface area (Å²) in [5, 5.41) is 3.73. The molecule has 0 bridgehead atoms. The van der Waals surface area contributed by atoms with Crippen LogP contribution in [0.4, 0.5) is 4.39 Å². The quantitative estimate of drug-likeness (QED) is 0.540. The molecule has 148 valence electrons. The highest BCUT2D eigenvalue weighted by atomic mass is 32.2. The van der Waals surface area contributed by atoms with Gasteiger partial charge in [0.25, 0.3) is 5.91 Å². The molecule has 0 radical (unpaired) electrons. The molecule has 2 aliphatic rings. The SMILES string of the molecule is O=C(CCCN1C(=O)/C(=C\c2ccccc2F)SC1=S)N[C@@H]1C=CS(=O)(=O)C1. The number of amides is 2. The van der Waals surface area contributed by atoms with E-state index < -0.39 is 21.7 Å². The van der Waals surface area contributed by atoms with Gasteiger partial charge in [-0.25, -0.2) is 12.8 Å². The number of carbonyl (C=O) groups excluding carboxylic acids is 2. The number of benzene rings is 1. The van der Waals surface area contributed by atoms with E-state index >= 15 is 0 Å². The van der Waals surface area contributed by atoms with E-state index in [1.54, 1.807) is 18.2 Å². The zero-order valence-corrected chi connectivity index (χ0v) is 17.1. The summed E-state index contributed by atoms with van der Waals surface area (Å²) in [6.07, 6.45) is 3.42. The van der Waals surface area contributed by atoms with Crippen molar-refractivity contribution in [2.24, 2.45) is 0 Å². The van der Waals surface area contributed by atoms with Crippen LogP contribution in [0.1, 0.15) is 18.4 Å². The van der Waals surface area contributed by atoms with Crippen LogP contribution in [0.25, 0.3) is 6.08 Å². The molecule has 2 aliphatic heterocycles. The van der Waals surface area contributed by atoms with Gasteiger partial charge < -0.3 is 5.32 Å². The van der Waals surface area contributed by atoms with E-state index in [-0.39, 0.29) is 30.5 Å². The van der Waals surface area contributed by atoms with Crippen LogP contribution in [-0.2, 0) is 19.4 Å². The number of sulfone groups is 1. The molecule has 1 fully saturated rings. The van der Waals surface area contributed by atoms with Crippen LogP contribution in [0.3, 0.4) is 0 Å². The molecule has 1 atom stereocenters. The van der Waals surface area contributed by atoms with Gasteiger partial charge in [-0.15, -0.1) is 0 Å². The normalized spacial score (nSPS) is 22.2. The van der Waals surface area contributed by atoms with Gasteiger partial charge in [0.2, 0.25) is 5.91 Å². The summed E-state index contributed by atoms with van der Waals surface area (Å²) in [6, 6.07) is 5.62. The summed E-state index contributed by atoms with van der Waals surface area (Å²) >= 11 is 6.32. The van der Waals surface area contributed by atoms with Crippen molar-refractivity contribution in [2.45, 2.75) is 18.9 Å². The number of thioether (sulfide) groups is 1. The molecule has 10 heteroatoms. The Bertz CT molecular complexity index is 988. The highest BCUT2D eigenvalue weighted by Gasteiger charge is 2.32. The van der Waals surface area contributed by atoms with Crippen molar-refractivity contribution in [1.29, 1.82) is 0 Å². The number of nitrogens with one attached hydrogen (secondary N) is 1. The summed E-state index contributed by atoms with van der Waals surface area (Å²) in [6.45, 7) is 0.255. The minimum absolute atomic E-state index is 0.131. The first kappa shape index (κ1) is 20.7.